The van der Waals surface area contributed by atoms with Gasteiger partial charge >= 0.3 is 0 Å². The number of ether oxygens (including phenoxy) is 2. The zero-order valence-electron chi connectivity index (χ0n) is 15.6. The molecule has 1 saturated heterocycles. The molecule has 1 spiro atoms. The lowest BCUT2D eigenvalue weighted by Crippen LogP contribution is -2.43. The van der Waals surface area contributed by atoms with Crippen molar-refractivity contribution in [3.05, 3.63) is 71.5 Å². The second kappa shape index (κ2) is 6.49. The van der Waals surface area contributed by atoms with Crippen molar-refractivity contribution in [3.63, 3.8) is 0 Å². The van der Waals surface area contributed by atoms with Gasteiger partial charge < -0.3 is 14.4 Å². The van der Waals surface area contributed by atoms with Gasteiger partial charge in [0.1, 0.15) is 5.75 Å². The monoisotopic (exact) mass is 375 g/mol. The molecule has 28 heavy (non-hydrogen) atoms. The average Bonchev–Trinajstić information content (AvgIpc) is 3.47. The number of amides is 1. The average molecular weight is 375 g/mol. The predicted molar refractivity (Wildman–Crippen MR) is 104 cm³/mol. The molecule has 2 aliphatic rings. The molecule has 1 N–H and O–H groups in total. The SMILES string of the molecule is COc1cccc(CN2C(=O)c3cc(-c4cn[nH]c4)ccc3C23CCOC3)c1. The van der Waals surface area contributed by atoms with Gasteiger partial charge in [0.2, 0.25) is 0 Å². The molecule has 1 atom stereocenters. The van der Waals surface area contributed by atoms with E-state index in [1.54, 1.807) is 13.3 Å². The first-order valence-electron chi connectivity index (χ1n) is 9.38. The number of fused-ring (bicyclic) bond motifs is 2. The van der Waals surface area contributed by atoms with E-state index in [0.717, 1.165) is 40.0 Å². The molecular formula is C22H21N3O3. The Morgan fingerprint density at radius 2 is 2.18 bits per heavy atom. The minimum atomic E-state index is -0.398. The number of nitrogens with one attached hydrogen (secondary N) is 1. The van der Waals surface area contributed by atoms with Gasteiger partial charge in [-0.3, -0.25) is 9.89 Å². The highest BCUT2D eigenvalue weighted by atomic mass is 16.5. The van der Waals surface area contributed by atoms with E-state index in [1.807, 2.05) is 41.4 Å². The Kier molecular flexibility index (Phi) is 3.94. The van der Waals surface area contributed by atoms with Gasteiger partial charge in [0, 0.05) is 36.9 Å². The maximum absolute atomic E-state index is 13.5. The van der Waals surface area contributed by atoms with Crippen LogP contribution in [0.4, 0.5) is 0 Å². The third kappa shape index (κ3) is 2.52. The van der Waals surface area contributed by atoms with Gasteiger partial charge in [-0.05, 0) is 34.9 Å². The Labute approximate surface area is 163 Å². The number of methoxy groups -OCH3 is 1. The van der Waals surface area contributed by atoms with E-state index in [4.69, 9.17) is 9.47 Å². The standard InChI is InChI=1S/C22H21N3O3/c1-27-18-4-2-3-15(9-18)13-25-21(26)19-10-16(17-11-23-24-12-17)5-6-20(19)22(25)7-8-28-14-22/h2-6,9-12H,7-8,13-14H2,1H3,(H,23,24). The lowest BCUT2D eigenvalue weighted by atomic mass is 9.87. The Hall–Kier alpha value is -3.12. The lowest BCUT2D eigenvalue weighted by Gasteiger charge is -2.34. The zero-order chi connectivity index (χ0) is 19.1. The van der Waals surface area contributed by atoms with E-state index in [1.165, 1.54) is 0 Å². The van der Waals surface area contributed by atoms with Crippen molar-refractivity contribution in [2.75, 3.05) is 20.3 Å². The minimum absolute atomic E-state index is 0.0497. The third-order valence-electron chi connectivity index (χ3n) is 5.82. The van der Waals surface area contributed by atoms with Crippen molar-refractivity contribution < 1.29 is 14.3 Å². The lowest BCUT2D eigenvalue weighted by molar-refractivity contribution is 0.0460. The van der Waals surface area contributed by atoms with Gasteiger partial charge in [-0.1, -0.05) is 24.3 Å². The fraction of sp³-hybridized carbons (Fsp3) is 0.273. The van der Waals surface area contributed by atoms with Crippen LogP contribution in [0.1, 0.15) is 27.9 Å². The summed E-state index contributed by atoms with van der Waals surface area (Å²) in [7, 11) is 1.65. The van der Waals surface area contributed by atoms with E-state index < -0.39 is 5.54 Å². The largest absolute Gasteiger partial charge is 0.497 e. The molecule has 3 aromatic rings. The van der Waals surface area contributed by atoms with Gasteiger partial charge in [-0.25, -0.2) is 0 Å². The van der Waals surface area contributed by atoms with Crippen molar-refractivity contribution in [3.8, 4) is 16.9 Å². The van der Waals surface area contributed by atoms with Crippen molar-refractivity contribution in [1.82, 2.24) is 15.1 Å². The number of carbonyl (C=O) groups excluding carboxylic acids is 1. The first kappa shape index (κ1) is 17.0. The molecule has 1 unspecified atom stereocenters. The number of nitrogens with zero attached hydrogens (tertiary/aromatic N) is 2. The highest BCUT2D eigenvalue weighted by molar-refractivity contribution is 6.01. The smallest absolute Gasteiger partial charge is 0.255 e. The maximum atomic E-state index is 13.5. The molecule has 0 bridgehead atoms. The first-order chi connectivity index (χ1) is 13.7. The molecule has 142 valence electrons. The van der Waals surface area contributed by atoms with E-state index in [0.29, 0.717) is 19.8 Å². The quantitative estimate of drug-likeness (QED) is 0.759. The van der Waals surface area contributed by atoms with Gasteiger partial charge in [-0.15, -0.1) is 0 Å². The Bertz CT molecular complexity index is 1020. The predicted octanol–water partition coefficient (Wildman–Crippen LogP) is 3.36. The minimum Gasteiger partial charge on any atom is -0.497 e. The van der Waals surface area contributed by atoms with Crippen LogP contribution in [0.5, 0.6) is 5.75 Å². The summed E-state index contributed by atoms with van der Waals surface area (Å²) in [6.45, 7) is 1.71. The normalized spacial score (nSPS) is 20.8. The molecule has 2 aliphatic heterocycles. The van der Waals surface area contributed by atoms with Crippen LogP contribution in [-0.4, -0.2) is 41.3 Å². The van der Waals surface area contributed by atoms with Crippen molar-refractivity contribution in [2.45, 2.75) is 18.5 Å². The second-order valence-corrected chi connectivity index (χ2v) is 7.32. The van der Waals surface area contributed by atoms with Gasteiger partial charge in [0.15, 0.2) is 0 Å². The van der Waals surface area contributed by atoms with E-state index >= 15 is 0 Å². The summed E-state index contributed by atoms with van der Waals surface area (Å²) in [5.74, 6) is 0.842. The van der Waals surface area contributed by atoms with Crippen molar-refractivity contribution >= 4 is 5.91 Å². The van der Waals surface area contributed by atoms with Crippen LogP contribution in [-0.2, 0) is 16.8 Å². The molecule has 3 heterocycles. The highest BCUT2D eigenvalue weighted by Gasteiger charge is 2.51. The van der Waals surface area contributed by atoms with E-state index in [2.05, 4.69) is 22.3 Å². The summed E-state index contributed by atoms with van der Waals surface area (Å²) >= 11 is 0. The number of carbonyl (C=O) groups is 1. The molecule has 1 amide bonds. The molecule has 0 saturated carbocycles. The summed E-state index contributed by atoms with van der Waals surface area (Å²) < 4.78 is 11.1. The Morgan fingerprint density at radius 3 is 2.93 bits per heavy atom. The second-order valence-electron chi connectivity index (χ2n) is 7.32. The Morgan fingerprint density at radius 1 is 1.25 bits per heavy atom. The third-order valence-corrected chi connectivity index (χ3v) is 5.82. The summed E-state index contributed by atoms with van der Waals surface area (Å²) in [6, 6.07) is 14.0. The molecule has 2 aromatic carbocycles. The van der Waals surface area contributed by atoms with E-state index in [9.17, 15) is 4.79 Å². The van der Waals surface area contributed by atoms with E-state index in [-0.39, 0.29) is 5.91 Å². The molecule has 0 aliphatic carbocycles. The molecule has 1 fully saturated rings. The first-order valence-corrected chi connectivity index (χ1v) is 9.38. The number of aromatic nitrogens is 2. The fourth-order valence-corrected chi connectivity index (χ4v) is 4.36. The van der Waals surface area contributed by atoms with Gasteiger partial charge in [0.25, 0.3) is 5.91 Å². The molecule has 5 rings (SSSR count). The summed E-state index contributed by atoms with van der Waals surface area (Å²) in [4.78, 5) is 15.4. The summed E-state index contributed by atoms with van der Waals surface area (Å²) in [6.07, 6.45) is 4.41. The molecular weight excluding hydrogens is 354 g/mol. The molecule has 6 nitrogen and oxygen atoms in total. The Balaban J connectivity index is 1.56. The number of hydrogen-bond acceptors (Lipinski definition) is 4. The van der Waals surface area contributed by atoms with Gasteiger partial charge in [-0.2, -0.15) is 5.10 Å². The van der Waals surface area contributed by atoms with Crippen LogP contribution in [0.15, 0.2) is 54.9 Å². The summed E-state index contributed by atoms with van der Waals surface area (Å²) in [5, 5.41) is 6.85. The fourth-order valence-electron chi connectivity index (χ4n) is 4.36. The van der Waals surface area contributed by atoms with Crippen LogP contribution in [0.3, 0.4) is 0 Å². The van der Waals surface area contributed by atoms with Crippen molar-refractivity contribution in [1.29, 1.82) is 0 Å². The number of aromatic amines is 1. The van der Waals surface area contributed by atoms with Crippen LogP contribution in [0.2, 0.25) is 0 Å². The highest BCUT2D eigenvalue weighted by Crippen LogP contribution is 2.46. The van der Waals surface area contributed by atoms with Crippen LogP contribution < -0.4 is 4.74 Å². The van der Waals surface area contributed by atoms with Gasteiger partial charge in [0.05, 0.1) is 25.5 Å². The number of rotatable bonds is 4. The van der Waals surface area contributed by atoms with Crippen molar-refractivity contribution in [2.24, 2.45) is 0 Å². The molecule has 0 radical (unpaired) electrons. The maximum Gasteiger partial charge on any atom is 0.255 e. The molecule has 6 heteroatoms. The zero-order valence-corrected chi connectivity index (χ0v) is 15.6. The topological polar surface area (TPSA) is 67.5 Å². The van der Waals surface area contributed by atoms with Crippen LogP contribution in [0.25, 0.3) is 11.1 Å². The number of benzene rings is 2. The summed E-state index contributed by atoms with van der Waals surface area (Å²) in [5.41, 5.74) is 4.42. The number of hydrogen-bond donors (Lipinski definition) is 1. The van der Waals surface area contributed by atoms with Crippen LogP contribution in [0, 0.1) is 0 Å². The number of H-pyrrole nitrogens is 1. The molecule has 1 aromatic heterocycles. The van der Waals surface area contributed by atoms with Crippen LogP contribution >= 0.6 is 0 Å².